The third-order valence-corrected chi connectivity index (χ3v) is 3.47. The molecule has 1 N–H and O–H groups in total. The summed E-state index contributed by atoms with van der Waals surface area (Å²) < 4.78 is 10.6. The first-order chi connectivity index (χ1) is 11.2. The lowest BCUT2D eigenvalue weighted by atomic mass is 10.2. The highest BCUT2D eigenvalue weighted by Gasteiger charge is 2.15. The topological polar surface area (TPSA) is 54.7 Å². The van der Waals surface area contributed by atoms with E-state index in [0.717, 1.165) is 17.1 Å². The Labute approximate surface area is 137 Å². The van der Waals surface area contributed by atoms with Crippen LogP contribution in [0, 0.1) is 6.92 Å². The van der Waals surface area contributed by atoms with Gasteiger partial charge in [0.25, 0.3) is 0 Å². The van der Waals surface area contributed by atoms with E-state index in [0.29, 0.717) is 26.2 Å². The standard InChI is InChI=1S/C18H24N2O3/c1-15-8-9-17(23-15)14-20(13-16-6-4-3-5-7-16)18(21)12-19-10-11-22-2/h3-9,19H,10-14H2,1-2H3. The molecule has 0 unspecified atom stereocenters. The molecule has 124 valence electrons. The number of amides is 1. The Hall–Kier alpha value is -2.11. The van der Waals surface area contributed by atoms with Crippen molar-refractivity contribution in [2.45, 2.75) is 20.0 Å². The Morgan fingerprint density at radius 2 is 1.96 bits per heavy atom. The molecule has 0 radical (unpaired) electrons. The number of hydrogen-bond donors (Lipinski definition) is 1. The van der Waals surface area contributed by atoms with Crippen molar-refractivity contribution in [2.75, 3.05) is 26.8 Å². The molecule has 0 spiro atoms. The Morgan fingerprint density at radius 1 is 1.17 bits per heavy atom. The number of hydrogen-bond acceptors (Lipinski definition) is 4. The molecule has 23 heavy (non-hydrogen) atoms. The zero-order chi connectivity index (χ0) is 16.5. The van der Waals surface area contributed by atoms with Gasteiger partial charge >= 0.3 is 0 Å². The Morgan fingerprint density at radius 3 is 2.61 bits per heavy atom. The Kier molecular flexibility index (Phi) is 6.84. The summed E-state index contributed by atoms with van der Waals surface area (Å²) in [6, 6.07) is 13.8. The maximum Gasteiger partial charge on any atom is 0.237 e. The SMILES string of the molecule is COCCNCC(=O)N(Cc1ccccc1)Cc1ccc(C)o1. The minimum absolute atomic E-state index is 0.0407. The third-order valence-electron chi connectivity index (χ3n) is 3.47. The van der Waals surface area contributed by atoms with Crippen LogP contribution in [0.25, 0.3) is 0 Å². The van der Waals surface area contributed by atoms with Crippen LogP contribution in [0.2, 0.25) is 0 Å². The molecule has 0 atom stereocenters. The molecule has 0 bridgehead atoms. The Bertz CT molecular complexity index is 595. The van der Waals surface area contributed by atoms with Crippen LogP contribution in [0.5, 0.6) is 0 Å². The van der Waals surface area contributed by atoms with Gasteiger partial charge in [0.05, 0.1) is 19.7 Å². The van der Waals surface area contributed by atoms with E-state index in [1.54, 1.807) is 12.0 Å². The van der Waals surface area contributed by atoms with Gasteiger partial charge in [-0.25, -0.2) is 0 Å². The number of furan rings is 1. The van der Waals surface area contributed by atoms with Gasteiger partial charge in [-0.3, -0.25) is 4.79 Å². The molecule has 0 aliphatic heterocycles. The Balaban J connectivity index is 1.99. The maximum atomic E-state index is 12.5. The van der Waals surface area contributed by atoms with Crippen LogP contribution >= 0.6 is 0 Å². The summed E-state index contributed by atoms with van der Waals surface area (Å²) in [6.45, 7) is 4.46. The van der Waals surface area contributed by atoms with Crippen molar-refractivity contribution >= 4 is 5.91 Å². The van der Waals surface area contributed by atoms with E-state index in [1.807, 2.05) is 49.4 Å². The average Bonchev–Trinajstić information content (AvgIpc) is 2.97. The van der Waals surface area contributed by atoms with E-state index >= 15 is 0 Å². The summed E-state index contributed by atoms with van der Waals surface area (Å²) in [5.41, 5.74) is 1.10. The monoisotopic (exact) mass is 316 g/mol. The molecule has 0 fully saturated rings. The maximum absolute atomic E-state index is 12.5. The largest absolute Gasteiger partial charge is 0.464 e. The van der Waals surface area contributed by atoms with E-state index < -0.39 is 0 Å². The molecular formula is C18H24N2O3. The lowest BCUT2D eigenvalue weighted by Crippen LogP contribution is -2.38. The van der Waals surface area contributed by atoms with Crippen LogP contribution in [0.3, 0.4) is 0 Å². The van der Waals surface area contributed by atoms with Crippen molar-refractivity contribution in [3.8, 4) is 0 Å². The van der Waals surface area contributed by atoms with Crippen molar-refractivity contribution in [1.82, 2.24) is 10.2 Å². The normalized spacial score (nSPS) is 10.7. The number of methoxy groups -OCH3 is 1. The molecule has 0 saturated carbocycles. The third kappa shape index (κ3) is 5.88. The summed E-state index contributed by atoms with van der Waals surface area (Å²) >= 11 is 0. The molecular weight excluding hydrogens is 292 g/mol. The van der Waals surface area contributed by atoms with Gasteiger partial charge in [-0.15, -0.1) is 0 Å². The number of nitrogens with zero attached hydrogens (tertiary/aromatic N) is 1. The summed E-state index contributed by atoms with van der Waals surface area (Å²) in [5, 5.41) is 3.10. The van der Waals surface area contributed by atoms with E-state index in [2.05, 4.69) is 5.32 Å². The molecule has 1 aromatic carbocycles. The van der Waals surface area contributed by atoms with Crippen LogP contribution in [0.1, 0.15) is 17.1 Å². The van der Waals surface area contributed by atoms with E-state index in [4.69, 9.17) is 9.15 Å². The van der Waals surface area contributed by atoms with Crippen LogP contribution in [-0.4, -0.2) is 37.6 Å². The molecule has 0 aliphatic rings. The molecule has 5 heteroatoms. The van der Waals surface area contributed by atoms with E-state index in [9.17, 15) is 4.79 Å². The number of carbonyl (C=O) groups is 1. The minimum atomic E-state index is 0.0407. The molecule has 1 heterocycles. The van der Waals surface area contributed by atoms with Crippen LogP contribution in [0.15, 0.2) is 46.9 Å². The van der Waals surface area contributed by atoms with E-state index in [-0.39, 0.29) is 12.5 Å². The number of benzene rings is 1. The van der Waals surface area contributed by atoms with Gasteiger partial charge < -0.3 is 19.4 Å². The molecule has 2 rings (SSSR count). The van der Waals surface area contributed by atoms with Gasteiger partial charge in [0.15, 0.2) is 0 Å². The van der Waals surface area contributed by atoms with Gasteiger partial charge in [0.1, 0.15) is 11.5 Å². The van der Waals surface area contributed by atoms with Gasteiger partial charge in [0, 0.05) is 20.2 Å². The van der Waals surface area contributed by atoms with Crippen molar-refractivity contribution in [3.05, 3.63) is 59.5 Å². The molecule has 1 amide bonds. The van der Waals surface area contributed by atoms with Gasteiger partial charge in [-0.1, -0.05) is 30.3 Å². The zero-order valence-corrected chi connectivity index (χ0v) is 13.7. The van der Waals surface area contributed by atoms with Gasteiger partial charge in [-0.05, 0) is 24.6 Å². The summed E-state index contributed by atoms with van der Waals surface area (Å²) in [5.74, 6) is 1.69. The summed E-state index contributed by atoms with van der Waals surface area (Å²) in [7, 11) is 1.64. The second-order valence-corrected chi connectivity index (χ2v) is 5.42. The summed E-state index contributed by atoms with van der Waals surface area (Å²) in [4.78, 5) is 14.3. The lowest BCUT2D eigenvalue weighted by molar-refractivity contribution is -0.131. The van der Waals surface area contributed by atoms with Crippen LogP contribution in [-0.2, 0) is 22.6 Å². The van der Waals surface area contributed by atoms with E-state index in [1.165, 1.54) is 0 Å². The first-order valence-corrected chi connectivity index (χ1v) is 7.75. The quantitative estimate of drug-likeness (QED) is 0.722. The highest BCUT2D eigenvalue weighted by Crippen LogP contribution is 2.13. The second-order valence-electron chi connectivity index (χ2n) is 5.42. The predicted octanol–water partition coefficient (Wildman–Crippen LogP) is 2.35. The lowest BCUT2D eigenvalue weighted by Gasteiger charge is -2.22. The molecule has 2 aromatic rings. The second kappa shape index (κ2) is 9.12. The van der Waals surface area contributed by atoms with Crippen molar-refractivity contribution in [1.29, 1.82) is 0 Å². The average molecular weight is 316 g/mol. The zero-order valence-electron chi connectivity index (χ0n) is 13.7. The number of rotatable bonds is 9. The number of nitrogens with one attached hydrogen (secondary N) is 1. The fourth-order valence-corrected chi connectivity index (χ4v) is 2.28. The molecule has 0 aliphatic carbocycles. The van der Waals surface area contributed by atoms with Crippen molar-refractivity contribution in [3.63, 3.8) is 0 Å². The number of carbonyl (C=O) groups excluding carboxylic acids is 1. The van der Waals surface area contributed by atoms with Crippen molar-refractivity contribution in [2.24, 2.45) is 0 Å². The smallest absolute Gasteiger partial charge is 0.237 e. The minimum Gasteiger partial charge on any atom is -0.464 e. The fourth-order valence-electron chi connectivity index (χ4n) is 2.28. The summed E-state index contributed by atoms with van der Waals surface area (Å²) in [6.07, 6.45) is 0. The highest BCUT2D eigenvalue weighted by atomic mass is 16.5. The number of aryl methyl sites for hydroxylation is 1. The molecule has 0 saturated heterocycles. The van der Waals surface area contributed by atoms with Crippen LogP contribution < -0.4 is 5.32 Å². The first kappa shape index (κ1) is 17.2. The molecule has 1 aromatic heterocycles. The van der Waals surface area contributed by atoms with Crippen LogP contribution in [0.4, 0.5) is 0 Å². The van der Waals surface area contributed by atoms with Gasteiger partial charge in [-0.2, -0.15) is 0 Å². The van der Waals surface area contributed by atoms with Gasteiger partial charge in [0.2, 0.25) is 5.91 Å². The predicted molar refractivity (Wildman–Crippen MR) is 88.9 cm³/mol. The highest BCUT2D eigenvalue weighted by molar-refractivity contribution is 5.78. The number of ether oxygens (including phenoxy) is 1. The molecule has 5 nitrogen and oxygen atoms in total. The first-order valence-electron chi connectivity index (χ1n) is 7.75. The fraction of sp³-hybridized carbons (Fsp3) is 0.389. The van der Waals surface area contributed by atoms with Crippen molar-refractivity contribution < 1.29 is 13.9 Å².